The summed E-state index contributed by atoms with van der Waals surface area (Å²) in [6.45, 7) is 0. The van der Waals surface area contributed by atoms with Crippen molar-refractivity contribution in [3.63, 3.8) is 0 Å². The van der Waals surface area contributed by atoms with Crippen LogP contribution in [0.15, 0.2) is 27.8 Å². The SMILES string of the molecule is O=c1cc(CCc2cc(F)cc(F)c2F)[nH][nH]c1=O. The minimum atomic E-state index is -1.26. The average molecular weight is 270 g/mol. The van der Waals surface area contributed by atoms with Gasteiger partial charge < -0.3 is 5.10 Å². The van der Waals surface area contributed by atoms with E-state index in [0.717, 1.165) is 12.1 Å². The van der Waals surface area contributed by atoms with Crippen LogP contribution in [0, 0.1) is 17.5 Å². The van der Waals surface area contributed by atoms with Crippen LogP contribution in [0.3, 0.4) is 0 Å². The quantitative estimate of drug-likeness (QED) is 0.651. The Balaban J connectivity index is 2.21. The number of hydrogen-bond donors (Lipinski definition) is 2. The molecular formula is C12H9F3N2O2. The Kier molecular flexibility index (Phi) is 3.55. The Morgan fingerprint density at radius 3 is 2.37 bits per heavy atom. The van der Waals surface area contributed by atoms with Crippen molar-refractivity contribution in [2.75, 3.05) is 0 Å². The van der Waals surface area contributed by atoms with Crippen molar-refractivity contribution < 1.29 is 13.2 Å². The Morgan fingerprint density at radius 1 is 0.947 bits per heavy atom. The van der Waals surface area contributed by atoms with E-state index in [9.17, 15) is 22.8 Å². The molecule has 0 radical (unpaired) electrons. The summed E-state index contributed by atoms with van der Waals surface area (Å²) in [7, 11) is 0. The molecule has 1 aromatic heterocycles. The molecule has 1 heterocycles. The molecular weight excluding hydrogens is 261 g/mol. The largest absolute Gasteiger partial charge is 0.310 e. The summed E-state index contributed by atoms with van der Waals surface area (Å²) in [5, 5.41) is 4.56. The first kappa shape index (κ1) is 13.1. The van der Waals surface area contributed by atoms with Gasteiger partial charge in [0.2, 0.25) is 5.43 Å². The molecule has 0 atom stereocenters. The Labute approximate surface area is 104 Å². The van der Waals surface area contributed by atoms with Crippen LogP contribution >= 0.6 is 0 Å². The third-order valence-corrected chi connectivity index (χ3v) is 2.60. The third kappa shape index (κ3) is 2.93. The summed E-state index contributed by atoms with van der Waals surface area (Å²) in [6.07, 6.45) is 0.119. The number of nitrogens with one attached hydrogen (secondary N) is 2. The van der Waals surface area contributed by atoms with Gasteiger partial charge in [-0.05, 0) is 24.5 Å². The van der Waals surface area contributed by atoms with Gasteiger partial charge in [-0.2, -0.15) is 0 Å². The van der Waals surface area contributed by atoms with Gasteiger partial charge in [0.15, 0.2) is 11.6 Å². The Bertz CT molecular complexity index is 722. The maximum absolute atomic E-state index is 13.4. The molecule has 2 aromatic rings. The van der Waals surface area contributed by atoms with Crippen molar-refractivity contribution in [1.82, 2.24) is 10.2 Å². The summed E-state index contributed by atoms with van der Waals surface area (Å²) in [5.74, 6) is -3.25. The number of aromatic nitrogens is 2. The van der Waals surface area contributed by atoms with Gasteiger partial charge in [-0.1, -0.05) is 0 Å². The lowest BCUT2D eigenvalue weighted by molar-refractivity contribution is 0.484. The topological polar surface area (TPSA) is 65.7 Å². The fourth-order valence-corrected chi connectivity index (χ4v) is 1.65. The van der Waals surface area contributed by atoms with E-state index in [-0.39, 0.29) is 18.4 Å². The number of H-pyrrole nitrogens is 2. The van der Waals surface area contributed by atoms with Crippen LogP contribution in [-0.4, -0.2) is 10.2 Å². The van der Waals surface area contributed by atoms with Crippen molar-refractivity contribution >= 4 is 0 Å². The predicted molar refractivity (Wildman–Crippen MR) is 61.4 cm³/mol. The summed E-state index contributed by atoms with van der Waals surface area (Å²) >= 11 is 0. The molecule has 0 aliphatic rings. The molecule has 0 spiro atoms. The van der Waals surface area contributed by atoms with E-state index >= 15 is 0 Å². The van der Waals surface area contributed by atoms with Crippen LogP contribution in [-0.2, 0) is 12.8 Å². The van der Waals surface area contributed by atoms with Gasteiger partial charge in [-0.15, -0.1) is 0 Å². The van der Waals surface area contributed by atoms with Gasteiger partial charge in [0.25, 0.3) is 0 Å². The van der Waals surface area contributed by atoms with Crippen LogP contribution in [0.25, 0.3) is 0 Å². The second-order valence-electron chi connectivity index (χ2n) is 3.97. The molecule has 0 aliphatic heterocycles. The average Bonchev–Trinajstić information content (AvgIpc) is 2.36. The fourth-order valence-electron chi connectivity index (χ4n) is 1.65. The van der Waals surface area contributed by atoms with E-state index in [4.69, 9.17) is 0 Å². The molecule has 0 unspecified atom stereocenters. The summed E-state index contributed by atoms with van der Waals surface area (Å²) in [5.41, 5.74) is -1.33. The van der Waals surface area contributed by atoms with Crippen molar-refractivity contribution in [2.45, 2.75) is 12.8 Å². The monoisotopic (exact) mass is 270 g/mol. The van der Waals surface area contributed by atoms with E-state index in [1.165, 1.54) is 0 Å². The molecule has 2 N–H and O–H groups in total. The Hall–Kier alpha value is -2.31. The van der Waals surface area contributed by atoms with E-state index in [1.807, 2.05) is 0 Å². The second-order valence-corrected chi connectivity index (χ2v) is 3.97. The molecule has 7 heteroatoms. The highest BCUT2D eigenvalue weighted by molar-refractivity contribution is 5.21. The smallest absolute Gasteiger partial charge is 0.302 e. The maximum atomic E-state index is 13.4. The molecule has 0 aliphatic carbocycles. The summed E-state index contributed by atoms with van der Waals surface area (Å²) in [4.78, 5) is 21.9. The zero-order valence-corrected chi connectivity index (χ0v) is 9.60. The highest BCUT2D eigenvalue weighted by Gasteiger charge is 2.11. The molecule has 0 bridgehead atoms. The van der Waals surface area contributed by atoms with Gasteiger partial charge in [0.1, 0.15) is 5.82 Å². The summed E-state index contributed by atoms with van der Waals surface area (Å²) < 4.78 is 39.3. The molecule has 0 saturated heterocycles. The molecule has 19 heavy (non-hydrogen) atoms. The van der Waals surface area contributed by atoms with Crippen LogP contribution in [0.1, 0.15) is 11.3 Å². The minimum absolute atomic E-state index is 0.0114. The van der Waals surface area contributed by atoms with Crippen molar-refractivity contribution in [3.8, 4) is 0 Å². The molecule has 4 nitrogen and oxygen atoms in total. The first-order chi connectivity index (χ1) is 8.97. The van der Waals surface area contributed by atoms with Gasteiger partial charge >= 0.3 is 5.56 Å². The predicted octanol–water partition coefficient (Wildman–Crippen LogP) is 1.27. The van der Waals surface area contributed by atoms with Gasteiger partial charge in [0, 0.05) is 17.8 Å². The second kappa shape index (κ2) is 5.13. The normalized spacial score (nSPS) is 10.7. The van der Waals surface area contributed by atoms with E-state index in [2.05, 4.69) is 10.2 Å². The fraction of sp³-hybridized carbons (Fsp3) is 0.167. The molecule has 100 valence electrons. The molecule has 0 fully saturated rings. The summed E-state index contributed by atoms with van der Waals surface area (Å²) in [6, 6.07) is 2.41. The van der Waals surface area contributed by atoms with Crippen LogP contribution < -0.4 is 11.0 Å². The van der Waals surface area contributed by atoms with Crippen LogP contribution in [0.2, 0.25) is 0 Å². The van der Waals surface area contributed by atoms with Gasteiger partial charge in [-0.25, -0.2) is 13.2 Å². The molecule has 2 rings (SSSR count). The maximum Gasteiger partial charge on any atom is 0.310 e. The zero-order valence-electron chi connectivity index (χ0n) is 9.60. The number of rotatable bonds is 3. The van der Waals surface area contributed by atoms with Crippen molar-refractivity contribution in [1.29, 1.82) is 0 Å². The lowest BCUT2D eigenvalue weighted by atomic mass is 10.1. The van der Waals surface area contributed by atoms with E-state index < -0.39 is 28.4 Å². The molecule has 1 aromatic carbocycles. The lowest BCUT2D eigenvalue weighted by Gasteiger charge is -2.04. The first-order valence-electron chi connectivity index (χ1n) is 5.41. The Morgan fingerprint density at radius 2 is 1.68 bits per heavy atom. The standard InChI is InChI=1S/C12H9F3N2O2/c13-7-3-6(11(15)9(14)4-7)1-2-8-5-10(18)12(19)17-16-8/h3-5H,1-2H2,(H,16,18)(H,17,19). The van der Waals surface area contributed by atoms with E-state index in [0.29, 0.717) is 11.8 Å². The minimum Gasteiger partial charge on any atom is -0.302 e. The number of aromatic amines is 2. The number of aryl methyl sites for hydroxylation is 2. The van der Waals surface area contributed by atoms with Crippen LogP contribution in [0.4, 0.5) is 13.2 Å². The van der Waals surface area contributed by atoms with Gasteiger partial charge in [-0.3, -0.25) is 14.7 Å². The first-order valence-corrected chi connectivity index (χ1v) is 5.41. The number of hydrogen-bond acceptors (Lipinski definition) is 2. The molecule has 0 amide bonds. The third-order valence-electron chi connectivity index (χ3n) is 2.60. The zero-order chi connectivity index (χ0) is 14.0. The number of benzene rings is 1. The highest BCUT2D eigenvalue weighted by atomic mass is 19.2. The molecule has 0 saturated carbocycles. The van der Waals surface area contributed by atoms with E-state index in [1.54, 1.807) is 0 Å². The number of halogens is 3. The highest BCUT2D eigenvalue weighted by Crippen LogP contribution is 2.15. The van der Waals surface area contributed by atoms with Gasteiger partial charge in [0.05, 0.1) is 0 Å². The lowest BCUT2D eigenvalue weighted by Crippen LogP contribution is -2.27. The van der Waals surface area contributed by atoms with Crippen molar-refractivity contribution in [2.24, 2.45) is 0 Å². The van der Waals surface area contributed by atoms with Crippen molar-refractivity contribution in [3.05, 3.63) is 67.5 Å². The van der Waals surface area contributed by atoms with Crippen LogP contribution in [0.5, 0.6) is 0 Å².